The van der Waals surface area contributed by atoms with E-state index in [1.165, 1.54) is 0 Å². The fraction of sp³-hybridized carbons (Fsp3) is 1.00. The van der Waals surface area contributed by atoms with Crippen LogP contribution in [0.15, 0.2) is 0 Å². The van der Waals surface area contributed by atoms with Crippen LogP contribution in [0.1, 0.15) is 83.1 Å². The predicted octanol–water partition coefficient (Wildman–Crippen LogP) is 2.99. The predicted molar refractivity (Wildman–Crippen MR) is 125 cm³/mol. The first-order chi connectivity index (χ1) is 13.3. The van der Waals surface area contributed by atoms with Crippen LogP contribution in [-0.2, 0) is 29.5 Å². The molecule has 2 aliphatic heterocycles. The lowest BCUT2D eigenvalue weighted by molar-refractivity contribution is 0.175. The normalized spacial score (nSPS) is 27.4. The second kappa shape index (κ2) is 8.51. The van der Waals surface area contributed by atoms with Gasteiger partial charge in [-0.05, 0) is 52.4 Å². The number of epoxide rings is 2. The lowest BCUT2D eigenvalue weighted by atomic mass is 9.82. The molecule has 0 amide bonds. The van der Waals surface area contributed by atoms with Gasteiger partial charge in [-0.15, -0.1) is 0 Å². The van der Waals surface area contributed by atoms with Gasteiger partial charge < -0.3 is 9.47 Å². The summed E-state index contributed by atoms with van der Waals surface area (Å²) in [5.74, 6) is 0.0424. The van der Waals surface area contributed by atoms with E-state index < -0.39 is 42.2 Å². The first-order valence-corrected chi connectivity index (χ1v) is 13.8. The van der Waals surface area contributed by atoms with E-state index in [0.29, 0.717) is 6.61 Å². The van der Waals surface area contributed by atoms with Crippen molar-refractivity contribution in [3.63, 3.8) is 0 Å². The zero-order valence-electron chi connectivity index (χ0n) is 21.3. The Balaban J connectivity index is 0.000000311. The third kappa shape index (κ3) is 9.25. The molecule has 10 heteroatoms. The summed E-state index contributed by atoms with van der Waals surface area (Å²) in [5, 5.41) is 0. The second-order valence-electron chi connectivity index (χ2n) is 12.8. The summed E-state index contributed by atoms with van der Waals surface area (Å²) < 4.78 is 63.5. The Kier molecular flexibility index (Phi) is 7.89. The molecule has 2 saturated heterocycles. The van der Waals surface area contributed by atoms with Gasteiger partial charge in [-0.2, -0.15) is 0 Å². The van der Waals surface area contributed by atoms with Crippen LogP contribution < -0.4 is 9.44 Å². The molecule has 0 bridgehead atoms. The zero-order valence-corrected chi connectivity index (χ0v) is 23.0. The largest absolute Gasteiger partial charge is 0.368 e. The monoisotopic (exact) mass is 484 g/mol. The van der Waals surface area contributed by atoms with E-state index in [1.54, 1.807) is 0 Å². The highest BCUT2D eigenvalue weighted by Crippen LogP contribution is 2.45. The molecule has 2 aliphatic rings. The molecule has 186 valence electrons. The maximum atomic E-state index is 12.0. The maximum absolute atomic E-state index is 12.0. The van der Waals surface area contributed by atoms with Crippen LogP contribution in [0.2, 0.25) is 0 Å². The minimum absolute atomic E-state index is 0.0424. The Morgan fingerprint density at radius 3 is 1.48 bits per heavy atom. The number of sulfonamides is 2. The molecule has 0 saturated carbocycles. The molecular formula is C21H44N2O6S2. The summed E-state index contributed by atoms with van der Waals surface area (Å²) in [6, 6.07) is 0. The first kappa shape index (κ1) is 28.8. The molecule has 3 atom stereocenters. The van der Waals surface area contributed by atoms with Crippen molar-refractivity contribution >= 4 is 20.0 Å². The van der Waals surface area contributed by atoms with E-state index in [4.69, 9.17) is 9.47 Å². The van der Waals surface area contributed by atoms with Crippen molar-refractivity contribution in [3.05, 3.63) is 0 Å². The van der Waals surface area contributed by atoms with E-state index in [-0.39, 0.29) is 22.7 Å². The molecule has 0 radical (unpaired) electrons. The Bertz CT molecular complexity index is 834. The van der Waals surface area contributed by atoms with Gasteiger partial charge in [0.2, 0.25) is 20.0 Å². The van der Waals surface area contributed by atoms with Crippen LogP contribution in [0.4, 0.5) is 0 Å². The Morgan fingerprint density at radius 2 is 1.23 bits per heavy atom. The SMILES string of the molecule is CC(C)(C)NS(=O)(=O)C1OC1C(C)(C)C.CC(C)(C)NS(=O)(=O)CC1(C(C)(C)C)CO1. The minimum Gasteiger partial charge on any atom is -0.368 e. The van der Waals surface area contributed by atoms with Gasteiger partial charge in [0.1, 0.15) is 11.7 Å². The molecule has 2 N–H and O–H groups in total. The van der Waals surface area contributed by atoms with Gasteiger partial charge >= 0.3 is 0 Å². The lowest BCUT2D eigenvalue weighted by Crippen LogP contribution is -2.47. The Labute approximate surface area is 190 Å². The average molecular weight is 485 g/mol. The number of nitrogens with one attached hydrogen (secondary N) is 2. The van der Waals surface area contributed by atoms with Gasteiger partial charge in [0.15, 0.2) is 5.44 Å². The highest BCUT2D eigenvalue weighted by Gasteiger charge is 2.57. The Morgan fingerprint density at radius 1 is 0.806 bits per heavy atom. The fourth-order valence-electron chi connectivity index (χ4n) is 3.06. The second-order valence-corrected chi connectivity index (χ2v) is 16.3. The molecule has 0 aromatic heterocycles. The Hall–Kier alpha value is -0.260. The molecule has 8 nitrogen and oxygen atoms in total. The molecule has 0 aromatic rings. The molecule has 0 aliphatic carbocycles. The summed E-state index contributed by atoms with van der Waals surface area (Å²) in [4.78, 5) is 0. The molecule has 2 rings (SSSR count). The topological polar surface area (TPSA) is 117 Å². The smallest absolute Gasteiger partial charge is 0.241 e. The highest BCUT2D eigenvalue weighted by atomic mass is 32.2. The van der Waals surface area contributed by atoms with Crippen molar-refractivity contribution in [2.75, 3.05) is 12.4 Å². The fourth-order valence-corrected chi connectivity index (χ4v) is 7.25. The van der Waals surface area contributed by atoms with E-state index in [9.17, 15) is 16.8 Å². The van der Waals surface area contributed by atoms with Crippen molar-refractivity contribution < 1.29 is 26.3 Å². The van der Waals surface area contributed by atoms with E-state index in [1.807, 2.05) is 83.1 Å². The van der Waals surface area contributed by atoms with Gasteiger partial charge in [-0.1, -0.05) is 41.5 Å². The van der Waals surface area contributed by atoms with E-state index >= 15 is 0 Å². The van der Waals surface area contributed by atoms with Gasteiger partial charge in [0.25, 0.3) is 0 Å². The van der Waals surface area contributed by atoms with E-state index in [2.05, 4.69) is 9.44 Å². The van der Waals surface area contributed by atoms with Crippen LogP contribution in [0.25, 0.3) is 0 Å². The van der Waals surface area contributed by atoms with Crippen molar-refractivity contribution in [1.82, 2.24) is 9.44 Å². The number of hydrogen-bond acceptors (Lipinski definition) is 6. The van der Waals surface area contributed by atoms with E-state index in [0.717, 1.165) is 0 Å². The van der Waals surface area contributed by atoms with Gasteiger partial charge in [-0.25, -0.2) is 26.3 Å². The van der Waals surface area contributed by atoms with Crippen LogP contribution in [0, 0.1) is 10.8 Å². The van der Waals surface area contributed by atoms with Crippen molar-refractivity contribution in [2.45, 2.75) is 111 Å². The first-order valence-electron chi connectivity index (χ1n) is 10.6. The minimum atomic E-state index is -3.35. The average Bonchev–Trinajstić information content (AvgIpc) is 3.24. The van der Waals surface area contributed by atoms with Crippen molar-refractivity contribution in [3.8, 4) is 0 Å². The molecule has 2 fully saturated rings. The summed E-state index contributed by atoms with van der Waals surface area (Å²) >= 11 is 0. The van der Waals surface area contributed by atoms with Crippen LogP contribution in [0.5, 0.6) is 0 Å². The van der Waals surface area contributed by atoms with Gasteiger partial charge in [-0.3, -0.25) is 0 Å². The van der Waals surface area contributed by atoms with Gasteiger partial charge in [0, 0.05) is 11.1 Å². The molecule has 31 heavy (non-hydrogen) atoms. The zero-order chi connectivity index (χ0) is 24.9. The van der Waals surface area contributed by atoms with Crippen LogP contribution >= 0.6 is 0 Å². The quantitative estimate of drug-likeness (QED) is 0.579. The third-order valence-electron chi connectivity index (χ3n) is 4.80. The lowest BCUT2D eigenvalue weighted by Gasteiger charge is -2.29. The molecular weight excluding hydrogens is 440 g/mol. The molecule has 0 spiro atoms. The third-order valence-corrected chi connectivity index (χ3v) is 8.44. The van der Waals surface area contributed by atoms with Gasteiger partial charge in [0.05, 0.1) is 12.4 Å². The summed E-state index contributed by atoms with van der Waals surface area (Å²) in [6.45, 7) is 23.4. The standard InChI is InChI=1S/C11H23NO3S.C10H21NO3S/c1-9(2,3)11(7-15-11)8-16(13,14)12-10(4,5)6;1-9(2,3)7-8(14-7)15(12,13)11-10(4,5)6/h12H,7-8H2,1-6H3;7-8,11H,1-6H3. The number of rotatable bonds is 5. The van der Waals surface area contributed by atoms with Crippen LogP contribution in [-0.4, -0.2) is 57.4 Å². The summed E-state index contributed by atoms with van der Waals surface area (Å²) in [6.07, 6.45) is -0.197. The summed E-state index contributed by atoms with van der Waals surface area (Å²) in [7, 11) is -6.64. The van der Waals surface area contributed by atoms with Crippen LogP contribution in [0.3, 0.4) is 0 Å². The molecule has 0 aromatic carbocycles. The van der Waals surface area contributed by atoms with Crippen molar-refractivity contribution in [1.29, 1.82) is 0 Å². The number of hydrogen-bond donors (Lipinski definition) is 2. The molecule has 3 unspecified atom stereocenters. The number of ether oxygens (including phenoxy) is 2. The maximum Gasteiger partial charge on any atom is 0.241 e. The summed E-state index contributed by atoms with van der Waals surface area (Å²) in [5.41, 5.74) is -2.36. The molecule has 2 heterocycles. The highest BCUT2D eigenvalue weighted by molar-refractivity contribution is 7.90. The van der Waals surface area contributed by atoms with Crippen molar-refractivity contribution in [2.24, 2.45) is 10.8 Å².